The van der Waals surface area contributed by atoms with E-state index in [-0.39, 0.29) is 0 Å². The summed E-state index contributed by atoms with van der Waals surface area (Å²) in [6.07, 6.45) is 0. The van der Waals surface area contributed by atoms with Crippen molar-refractivity contribution in [1.29, 1.82) is 0 Å². The van der Waals surface area contributed by atoms with E-state index < -0.39 is 10.0 Å². The molecule has 2 aromatic carbocycles. The van der Waals surface area contributed by atoms with E-state index in [4.69, 9.17) is 0 Å². The van der Waals surface area contributed by atoms with Gasteiger partial charge in [0.05, 0.1) is 10.6 Å². The Labute approximate surface area is 133 Å². The first-order chi connectivity index (χ1) is 9.29. The van der Waals surface area contributed by atoms with Crippen LogP contribution in [-0.2, 0) is 10.0 Å². The first-order valence-corrected chi connectivity index (χ1v) is 8.72. The molecular formula is C15H16INO2S. The Hall–Kier alpha value is -1.08. The molecule has 0 spiro atoms. The molecule has 1 N–H and O–H groups in total. The van der Waals surface area contributed by atoms with Crippen LogP contribution in [0, 0.1) is 24.3 Å². The first-order valence-electron chi connectivity index (χ1n) is 6.16. The van der Waals surface area contributed by atoms with Crippen molar-refractivity contribution < 1.29 is 8.42 Å². The Morgan fingerprint density at radius 1 is 0.900 bits per heavy atom. The van der Waals surface area contributed by atoms with Crippen LogP contribution in [0.2, 0.25) is 0 Å². The number of sulfonamides is 1. The van der Waals surface area contributed by atoms with E-state index in [1.54, 1.807) is 18.2 Å². The second kappa shape index (κ2) is 5.73. The van der Waals surface area contributed by atoms with Gasteiger partial charge in [-0.3, -0.25) is 4.72 Å². The van der Waals surface area contributed by atoms with Gasteiger partial charge >= 0.3 is 0 Å². The summed E-state index contributed by atoms with van der Waals surface area (Å²) in [7, 11) is -3.54. The van der Waals surface area contributed by atoms with Gasteiger partial charge in [0.25, 0.3) is 10.0 Å². The molecule has 2 aromatic rings. The van der Waals surface area contributed by atoms with Crippen LogP contribution in [0.25, 0.3) is 0 Å². The van der Waals surface area contributed by atoms with Crippen molar-refractivity contribution in [1.82, 2.24) is 0 Å². The highest BCUT2D eigenvalue weighted by atomic mass is 127. The van der Waals surface area contributed by atoms with Gasteiger partial charge in [-0.25, -0.2) is 8.42 Å². The minimum atomic E-state index is -3.54. The van der Waals surface area contributed by atoms with Crippen molar-refractivity contribution in [3.8, 4) is 0 Å². The molecule has 0 aliphatic carbocycles. The fraction of sp³-hybridized carbons (Fsp3) is 0.200. The van der Waals surface area contributed by atoms with Gasteiger partial charge in [0.15, 0.2) is 0 Å². The maximum atomic E-state index is 12.4. The Bertz CT molecular complexity index is 754. The van der Waals surface area contributed by atoms with Gasteiger partial charge in [-0.15, -0.1) is 0 Å². The van der Waals surface area contributed by atoms with E-state index in [1.165, 1.54) is 0 Å². The summed E-state index contributed by atoms with van der Waals surface area (Å²) < 4.78 is 28.5. The molecule has 0 saturated heterocycles. The third kappa shape index (κ3) is 3.32. The summed E-state index contributed by atoms with van der Waals surface area (Å²) >= 11 is 2.20. The van der Waals surface area contributed by atoms with Crippen molar-refractivity contribution >= 4 is 38.3 Å². The number of halogens is 1. The lowest BCUT2D eigenvalue weighted by molar-refractivity contribution is 0.601. The number of aryl methyl sites for hydroxylation is 3. The smallest absolute Gasteiger partial charge is 0.261 e. The van der Waals surface area contributed by atoms with E-state index in [1.807, 2.05) is 39.0 Å². The zero-order valence-corrected chi connectivity index (χ0v) is 14.5. The average molecular weight is 401 g/mol. The summed E-state index contributed by atoms with van der Waals surface area (Å²) in [5, 5.41) is 0. The van der Waals surface area contributed by atoms with Crippen molar-refractivity contribution in [2.45, 2.75) is 25.7 Å². The van der Waals surface area contributed by atoms with E-state index in [9.17, 15) is 8.42 Å². The van der Waals surface area contributed by atoms with Gasteiger partial charge in [0.1, 0.15) is 0 Å². The van der Waals surface area contributed by atoms with Gasteiger partial charge < -0.3 is 0 Å². The average Bonchev–Trinajstić information content (AvgIpc) is 2.36. The summed E-state index contributed by atoms with van der Waals surface area (Å²) in [5.74, 6) is 0. The highest BCUT2D eigenvalue weighted by Gasteiger charge is 2.15. The fourth-order valence-corrected chi connectivity index (χ4v) is 3.69. The molecule has 0 amide bonds. The van der Waals surface area contributed by atoms with E-state index in [2.05, 4.69) is 27.3 Å². The highest BCUT2D eigenvalue weighted by molar-refractivity contribution is 14.1. The third-order valence-electron chi connectivity index (χ3n) is 3.22. The van der Waals surface area contributed by atoms with Gasteiger partial charge in [-0.2, -0.15) is 0 Å². The Morgan fingerprint density at radius 2 is 1.60 bits per heavy atom. The summed E-state index contributed by atoms with van der Waals surface area (Å²) in [6, 6.07) is 10.8. The van der Waals surface area contributed by atoms with Crippen LogP contribution in [0.15, 0.2) is 41.3 Å². The highest BCUT2D eigenvalue weighted by Crippen LogP contribution is 2.22. The zero-order chi connectivity index (χ0) is 14.9. The van der Waals surface area contributed by atoms with Gasteiger partial charge in [0, 0.05) is 3.57 Å². The standard InChI is InChI=1S/C15H16INO2S/c1-10-4-6-14(9-11(10)2)20(18,19)17-15-7-5-13(16)8-12(15)3/h4-9,17H,1-3H3. The minimum Gasteiger partial charge on any atom is -0.279 e. The van der Waals surface area contributed by atoms with Crippen molar-refractivity contribution in [3.63, 3.8) is 0 Å². The molecule has 106 valence electrons. The third-order valence-corrected chi connectivity index (χ3v) is 5.26. The lowest BCUT2D eigenvalue weighted by Gasteiger charge is -2.12. The zero-order valence-electron chi connectivity index (χ0n) is 11.6. The number of rotatable bonds is 3. The maximum Gasteiger partial charge on any atom is 0.261 e. The minimum absolute atomic E-state index is 0.290. The topological polar surface area (TPSA) is 46.2 Å². The van der Waals surface area contributed by atoms with Crippen LogP contribution < -0.4 is 4.72 Å². The maximum absolute atomic E-state index is 12.4. The van der Waals surface area contributed by atoms with E-state index in [0.717, 1.165) is 20.3 Å². The van der Waals surface area contributed by atoms with Crippen molar-refractivity contribution in [2.75, 3.05) is 4.72 Å². The molecule has 0 unspecified atom stereocenters. The molecule has 0 radical (unpaired) electrons. The molecule has 20 heavy (non-hydrogen) atoms. The molecule has 0 atom stereocenters. The van der Waals surface area contributed by atoms with Crippen molar-refractivity contribution in [3.05, 3.63) is 56.7 Å². The van der Waals surface area contributed by atoms with Crippen LogP contribution >= 0.6 is 22.6 Å². The second-order valence-electron chi connectivity index (χ2n) is 4.81. The van der Waals surface area contributed by atoms with Crippen LogP contribution in [0.5, 0.6) is 0 Å². The fourth-order valence-electron chi connectivity index (χ4n) is 1.83. The van der Waals surface area contributed by atoms with Crippen LogP contribution in [-0.4, -0.2) is 8.42 Å². The second-order valence-corrected chi connectivity index (χ2v) is 7.74. The van der Waals surface area contributed by atoms with Gasteiger partial charge in [-0.05, 0) is 90.4 Å². The molecule has 0 aromatic heterocycles. The van der Waals surface area contributed by atoms with E-state index >= 15 is 0 Å². The molecule has 0 fully saturated rings. The molecule has 0 saturated carbocycles. The number of hydrogen-bond acceptors (Lipinski definition) is 2. The number of anilines is 1. The molecule has 5 heteroatoms. The number of benzene rings is 2. The van der Waals surface area contributed by atoms with Crippen molar-refractivity contribution in [2.24, 2.45) is 0 Å². The Morgan fingerprint density at radius 3 is 2.20 bits per heavy atom. The van der Waals surface area contributed by atoms with Crippen LogP contribution in [0.4, 0.5) is 5.69 Å². The largest absolute Gasteiger partial charge is 0.279 e. The van der Waals surface area contributed by atoms with Crippen LogP contribution in [0.1, 0.15) is 16.7 Å². The van der Waals surface area contributed by atoms with Gasteiger partial charge in [-0.1, -0.05) is 6.07 Å². The van der Waals surface area contributed by atoms with Gasteiger partial charge in [0.2, 0.25) is 0 Å². The SMILES string of the molecule is Cc1ccc(S(=O)(=O)Nc2ccc(I)cc2C)cc1C. The first kappa shape index (κ1) is 15.3. The molecule has 0 heterocycles. The number of hydrogen-bond donors (Lipinski definition) is 1. The molecule has 0 bridgehead atoms. The number of nitrogens with one attached hydrogen (secondary N) is 1. The predicted molar refractivity (Wildman–Crippen MR) is 90.6 cm³/mol. The molecular weight excluding hydrogens is 385 g/mol. The normalized spacial score (nSPS) is 11.4. The summed E-state index contributed by atoms with van der Waals surface area (Å²) in [6.45, 7) is 5.76. The monoisotopic (exact) mass is 401 g/mol. The molecule has 2 rings (SSSR count). The Kier molecular flexibility index (Phi) is 4.39. The predicted octanol–water partition coefficient (Wildman–Crippen LogP) is 4.02. The lowest BCUT2D eigenvalue weighted by Crippen LogP contribution is -2.14. The molecule has 0 aliphatic rings. The van der Waals surface area contributed by atoms with E-state index in [0.29, 0.717) is 10.6 Å². The lowest BCUT2D eigenvalue weighted by atomic mass is 10.1. The molecule has 0 aliphatic heterocycles. The van der Waals surface area contributed by atoms with Crippen LogP contribution in [0.3, 0.4) is 0 Å². The quantitative estimate of drug-likeness (QED) is 0.790. The molecule has 3 nitrogen and oxygen atoms in total. The summed E-state index contributed by atoms with van der Waals surface area (Å²) in [4.78, 5) is 0.290. The summed E-state index contributed by atoms with van der Waals surface area (Å²) in [5.41, 5.74) is 3.56. The Balaban J connectivity index is 2.38.